The maximum Gasteiger partial charge on any atom is 0.0570 e. The number of hydrogen-bond acceptors (Lipinski definition) is 1. The van der Waals surface area contributed by atoms with Gasteiger partial charge in [-0.2, -0.15) is 0 Å². The van der Waals surface area contributed by atoms with Gasteiger partial charge in [0.2, 0.25) is 0 Å². The molecule has 13 heavy (non-hydrogen) atoms. The summed E-state index contributed by atoms with van der Waals surface area (Å²) in [4.78, 5) is 0. The fourth-order valence-electron chi connectivity index (χ4n) is 2.44. The van der Waals surface area contributed by atoms with Crippen molar-refractivity contribution in [2.75, 3.05) is 0 Å². The minimum atomic E-state index is 0.00200. The highest BCUT2D eigenvalue weighted by atomic mass is 16.3. The molecule has 1 heteroatoms. The average molecular weight is 184 g/mol. The summed E-state index contributed by atoms with van der Waals surface area (Å²) in [5, 5.41) is 9.72. The molecule has 0 heterocycles. The molecule has 0 aliphatic heterocycles. The van der Waals surface area contributed by atoms with E-state index in [0.717, 1.165) is 18.3 Å². The van der Waals surface area contributed by atoms with E-state index in [2.05, 4.69) is 20.8 Å². The van der Waals surface area contributed by atoms with Crippen molar-refractivity contribution in [1.82, 2.24) is 0 Å². The molecule has 3 unspecified atom stereocenters. The van der Waals surface area contributed by atoms with E-state index in [1.165, 1.54) is 25.7 Å². The molecule has 0 aromatic rings. The van der Waals surface area contributed by atoms with Crippen LogP contribution >= 0.6 is 0 Å². The Bertz CT molecular complexity index is 142. The highest BCUT2D eigenvalue weighted by Gasteiger charge is 2.29. The summed E-state index contributed by atoms with van der Waals surface area (Å²) in [6.07, 6.45) is 6.13. The average Bonchev–Trinajstić information content (AvgIpc) is 2.47. The van der Waals surface area contributed by atoms with Crippen LogP contribution in [0.15, 0.2) is 0 Å². The molecule has 1 aliphatic rings. The van der Waals surface area contributed by atoms with E-state index in [4.69, 9.17) is 0 Å². The first-order chi connectivity index (χ1) is 6.11. The zero-order chi connectivity index (χ0) is 9.84. The van der Waals surface area contributed by atoms with Gasteiger partial charge in [-0.1, -0.05) is 40.0 Å². The van der Waals surface area contributed by atoms with Crippen LogP contribution in [0.4, 0.5) is 0 Å². The number of aliphatic hydroxyl groups excluding tert-OH is 1. The Morgan fingerprint density at radius 2 is 1.85 bits per heavy atom. The van der Waals surface area contributed by atoms with Crippen LogP contribution in [0.5, 0.6) is 0 Å². The SMILES string of the molecule is CC(C)CCC(C)C1CCCC1O. The minimum Gasteiger partial charge on any atom is -0.393 e. The zero-order valence-corrected chi connectivity index (χ0v) is 9.29. The molecule has 1 saturated carbocycles. The Labute approximate surface area is 82.5 Å². The van der Waals surface area contributed by atoms with Gasteiger partial charge in [0, 0.05) is 0 Å². The van der Waals surface area contributed by atoms with Gasteiger partial charge >= 0.3 is 0 Å². The third-order valence-corrected chi connectivity index (χ3v) is 3.46. The third kappa shape index (κ3) is 3.30. The van der Waals surface area contributed by atoms with Crippen molar-refractivity contribution >= 4 is 0 Å². The topological polar surface area (TPSA) is 20.2 Å². The first kappa shape index (κ1) is 11.0. The lowest BCUT2D eigenvalue weighted by Crippen LogP contribution is -2.20. The number of aliphatic hydroxyl groups is 1. The van der Waals surface area contributed by atoms with Crippen LogP contribution in [0.2, 0.25) is 0 Å². The predicted molar refractivity (Wildman–Crippen MR) is 56.6 cm³/mol. The van der Waals surface area contributed by atoms with E-state index in [1.807, 2.05) is 0 Å². The van der Waals surface area contributed by atoms with Crippen LogP contribution in [0.25, 0.3) is 0 Å². The Morgan fingerprint density at radius 1 is 1.15 bits per heavy atom. The summed E-state index contributed by atoms with van der Waals surface area (Å²) in [6.45, 7) is 6.86. The molecule has 1 rings (SSSR count). The largest absolute Gasteiger partial charge is 0.393 e. The second kappa shape index (κ2) is 4.99. The molecule has 0 saturated heterocycles. The predicted octanol–water partition coefficient (Wildman–Crippen LogP) is 3.22. The third-order valence-electron chi connectivity index (χ3n) is 3.46. The summed E-state index contributed by atoms with van der Waals surface area (Å²) >= 11 is 0. The first-order valence-corrected chi connectivity index (χ1v) is 5.79. The molecular formula is C12H24O. The van der Waals surface area contributed by atoms with Gasteiger partial charge in [-0.05, 0) is 30.6 Å². The molecule has 1 nitrogen and oxygen atoms in total. The monoisotopic (exact) mass is 184 g/mol. The van der Waals surface area contributed by atoms with Crippen LogP contribution in [0.1, 0.15) is 52.9 Å². The van der Waals surface area contributed by atoms with Crippen molar-refractivity contribution in [1.29, 1.82) is 0 Å². The highest BCUT2D eigenvalue weighted by Crippen LogP contribution is 2.34. The molecule has 3 atom stereocenters. The normalized spacial score (nSPS) is 31.2. The molecule has 0 amide bonds. The van der Waals surface area contributed by atoms with Crippen LogP contribution in [-0.4, -0.2) is 11.2 Å². The lowest BCUT2D eigenvalue weighted by Gasteiger charge is -2.23. The maximum absolute atomic E-state index is 9.72. The van der Waals surface area contributed by atoms with Crippen LogP contribution < -0.4 is 0 Å². The smallest absolute Gasteiger partial charge is 0.0570 e. The first-order valence-electron chi connectivity index (χ1n) is 5.79. The van der Waals surface area contributed by atoms with Gasteiger partial charge < -0.3 is 5.11 Å². The lowest BCUT2D eigenvalue weighted by atomic mass is 9.86. The summed E-state index contributed by atoms with van der Waals surface area (Å²) in [5.74, 6) is 2.12. The van der Waals surface area contributed by atoms with E-state index < -0.39 is 0 Å². The van der Waals surface area contributed by atoms with Crippen LogP contribution in [0.3, 0.4) is 0 Å². The van der Waals surface area contributed by atoms with Crippen molar-refractivity contribution < 1.29 is 5.11 Å². The Morgan fingerprint density at radius 3 is 2.31 bits per heavy atom. The van der Waals surface area contributed by atoms with Gasteiger partial charge in [0.25, 0.3) is 0 Å². The molecule has 0 bridgehead atoms. The van der Waals surface area contributed by atoms with Crippen LogP contribution in [-0.2, 0) is 0 Å². The van der Waals surface area contributed by atoms with E-state index >= 15 is 0 Å². The number of hydrogen-bond donors (Lipinski definition) is 1. The molecule has 1 fully saturated rings. The summed E-state index contributed by atoms with van der Waals surface area (Å²) in [6, 6.07) is 0. The zero-order valence-electron chi connectivity index (χ0n) is 9.29. The minimum absolute atomic E-state index is 0.00200. The van der Waals surface area contributed by atoms with Gasteiger partial charge in [0.1, 0.15) is 0 Å². The van der Waals surface area contributed by atoms with E-state index in [-0.39, 0.29) is 6.10 Å². The second-order valence-corrected chi connectivity index (χ2v) is 5.11. The van der Waals surface area contributed by atoms with Crippen molar-refractivity contribution in [3.63, 3.8) is 0 Å². The van der Waals surface area contributed by atoms with E-state index in [0.29, 0.717) is 5.92 Å². The standard InChI is InChI=1S/C12H24O/c1-9(2)7-8-10(3)11-5-4-6-12(11)13/h9-13H,4-8H2,1-3H3. The summed E-state index contributed by atoms with van der Waals surface area (Å²) in [7, 11) is 0. The molecule has 0 radical (unpaired) electrons. The van der Waals surface area contributed by atoms with E-state index in [1.54, 1.807) is 0 Å². The fraction of sp³-hybridized carbons (Fsp3) is 1.00. The fourth-order valence-corrected chi connectivity index (χ4v) is 2.44. The van der Waals surface area contributed by atoms with Gasteiger partial charge in [0.15, 0.2) is 0 Å². The molecule has 78 valence electrons. The van der Waals surface area contributed by atoms with Gasteiger partial charge in [-0.3, -0.25) is 0 Å². The summed E-state index contributed by atoms with van der Waals surface area (Å²) in [5.41, 5.74) is 0. The highest BCUT2D eigenvalue weighted by molar-refractivity contribution is 4.80. The van der Waals surface area contributed by atoms with Crippen molar-refractivity contribution in [3.8, 4) is 0 Å². The van der Waals surface area contributed by atoms with Crippen LogP contribution in [0, 0.1) is 17.8 Å². The molecule has 1 aliphatic carbocycles. The lowest BCUT2D eigenvalue weighted by molar-refractivity contribution is 0.0982. The van der Waals surface area contributed by atoms with Gasteiger partial charge in [0.05, 0.1) is 6.10 Å². The van der Waals surface area contributed by atoms with E-state index in [9.17, 15) is 5.11 Å². The summed E-state index contributed by atoms with van der Waals surface area (Å²) < 4.78 is 0. The maximum atomic E-state index is 9.72. The molecule has 0 spiro atoms. The molecule has 0 aromatic heterocycles. The van der Waals surface area contributed by atoms with Gasteiger partial charge in [-0.25, -0.2) is 0 Å². The molecule has 1 N–H and O–H groups in total. The quantitative estimate of drug-likeness (QED) is 0.711. The Hall–Kier alpha value is -0.0400. The molecular weight excluding hydrogens is 160 g/mol. The number of rotatable bonds is 4. The Balaban J connectivity index is 2.25. The van der Waals surface area contributed by atoms with Crippen molar-refractivity contribution in [3.05, 3.63) is 0 Å². The van der Waals surface area contributed by atoms with Crippen molar-refractivity contribution in [2.24, 2.45) is 17.8 Å². The second-order valence-electron chi connectivity index (χ2n) is 5.11. The molecule has 0 aromatic carbocycles. The van der Waals surface area contributed by atoms with Gasteiger partial charge in [-0.15, -0.1) is 0 Å². The Kier molecular flexibility index (Phi) is 4.24. The van der Waals surface area contributed by atoms with Crippen molar-refractivity contribution in [2.45, 2.75) is 59.0 Å².